The summed E-state index contributed by atoms with van der Waals surface area (Å²) in [4.78, 5) is 4.55. The van der Waals surface area contributed by atoms with Crippen molar-refractivity contribution in [2.45, 2.75) is 39.7 Å². The van der Waals surface area contributed by atoms with Gasteiger partial charge in [-0.1, -0.05) is 31.9 Å². The fraction of sp³-hybridized carbons (Fsp3) is 0.500. The lowest BCUT2D eigenvalue weighted by atomic mass is 10.1. The Kier molecular flexibility index (Phi) is 7.90. The molecule has 0 unspecified atom stereocenters. The normalized spacial score (nSPS) is 10.9. The predicted octanol–water partition coefficient (Wildman–Crippen LogP) is 2.80. The lowest BCUT2D eigenvalue weighted by Gasteiger charge is -2.11. The van der Waals surface area contributed by atoms with E-state index in [0.29, 0.717) is 12.1 Å². The Morgan fingerprint density at radius 3 is 2.50 bits per heavy atom. The highest BCUT2D eigenvalue weighted by Crippen LogP contribution is 2.04. The molecule has 0 saturated heterocycles. The molecule has 1 aromatic carbocycles. The van der Waals surface area contributed by atoms with Gasteiger partial charge in [0.15, 0.2) is 5.96 Å². The van der Waals surface area contributed by atoms with Gasteiger partial charge in [-0.25, -0.2) is 4.99 Å². The number of nitrogens with one attached hydrogen (secondary N) is 2. The van der Waals surface area contributed by atoms with E-state index in [4.69, 9.17) is 5.26 Å². The summed E-state index contributed by atoms with van der Waals surface area (Å²) in [5, 5.41) is 15.3. The Hall–Kier alpha value is -2.02. The van der Waals surface area contributed by atoms with Crippen molar-refractivity contribution in [1.82, 2.24) is 10.6 Å². The van der Waals surface area contributed by atoms with E-state index in [1.807, 2.05) is 24.3 Å². The molecule has 4 nitrogen and oxygen atoms in total. The van der Waals surface area contributed by atoms with Gasteiger partial charge >= 0.3 is 0 Å². The minimum Gasteiger partial charge on any atom is -0.357 e. The number of hydrogen-bond acceptors (Lipinski definition) is 2. The lowest BCUT2D eigenvalue weighted by Crippen LogP contribution is -2.37. The second kappa shape index (κ2) is 9.85. The number of nitrogens with zero attached hydrogens (tertiary/aromatic N) is 2. The highest BCUT2D eigenvalue weighted by Gasteiger charge is 1.97. The molecule has 0 aliphatic heterocycles. The lowest BCUT2D eigenvalue weighted by molar-refractivity contribution is 0.683. The van der Waals surface area contributed by atoms with E-state index in [-0.39, 0.29) is 0 Å². The first-order valence-electron chi connectivity index (χ1n) is 7.31. The zero-order chi connectivity index (χ0) is 14.6. The van der Waals surface area contributed by atoms with Crippen LogP contribution in [0.5, 0.6) is 0 Å². The molecular weight excluding hydrogens is 248 g/mol. The number of hydrogen-bond donors (Lipinski definition) is 2. The van der Waals surface area contributed by atoms with Gasteiger partial charge in [0.1, 0.15) is 0 Å². The number of nitriles is 1. The summed E-state index contributed by atoms with van der Waals surface area (Å²) in [5.74, 6) is 0.855. The van der Waals surface area contributed by atoms with Crippen molar-refractivity contribution < 1.29 is 0 Å². The molecule has 1 aromatic rings. The van der Waals surface area contributed by atoms with Gasteiger partial charge in [-0.3, -0.25) is 0 Å². The molecule has 20 heavy (non-hydrogen) atoms. The summed E-state index contributed by atoms with van der Waals surface area (Å²) in [6, 6.07) is 9.66. The molecule has 0 saturated carbocycles. The fourth-order valence-corrected chi connectivity index (χ4v) is 1.78. The maximum Gasteiger partial charge on any atom is 0.191 e. The van der Waals surface area contributed by atoms with Crippen molar-refractivity contribution in [3.63, 3.8) is 0 Å². The van der Waals surface area contributed by atoms with E-state index in [9.17, 15) is 0 Å². The van der Waals surface area contributed by atoms with E-state index >= 15 is 0 Å². The van der Waals surface area contributed by atoms with Crippen molar-refractivity contribution >= 4 is 5.96 Å². The third-order valence-electron chi connectivity index (χ3n) is 2.92. The van der Waals surface area contributed by atoms with E-state index < -0.39 is 0 Å². The van der Waals surface area contributed by atoms with Gasteiger partial charge in [-0.2, -0.15) is 5.26 Å². The van der Waals surface area contributed by atoms with Crippen molar-refractivity contribution in [3.05, 3.63) is 35.4 Å². The molecule has 0 atom stereocenters. The maximum atomic E-state index is 8.76. The van der Waals surface area contributed by atoms with Crippen LogP contribution in [-0.4, -0.2) is 19.0 Å². The minimum atomic E-state index is 0.620. The summed E-state index contributed by atoms with van der Waals surface area (Å²) < 4.78 is 0. The fourth-order valence-electron chi connectivity index (χ4n) is 1.78. The smallest absolute Gasteiger partial charge is 0.191 e. The largest absolute Gasteiger partial charge is 0.357 e. The molecule has 0 amide bonds. The monoisotopic (exact) mass is 272 g/mol. The van der Waals surface area contributed by atoms with Crippen LogP contribution in [0.1, 0.15) is 44.2 Å². The second-order valence-electron chi connectivity index (χ2n) is 4.64. The van der Waals surface area contributed by atoms with E-state index in [1.165, 1.54) is 12.8 Å². The number of unbranched alkanes of at least 4 members (excludes halogenated alkanes) is 2. The Morgan fingerprint density at radius 1 is 1.15 bits per heavy atom. The van der Waals surface area contributed by atoms with Gasteiger partial charge in [0, 0.05) is 13.1 Å². The van der Waals surface area contributed by atoms with Crippen molar-refractivity contribution in [3.8, 4) is 6.07 Å². The van der Waals surface area contributed by atoms with Gasteiger partial charge in [-0.15, -0.1) is 0 Å². The first kappa shape index (κ1) is 16.0. The van der Waals surface area contributed by atoms with Crippen LogP contribution in [0.25, 0.3) is 0 Å². The molecule has 2 N–H and O–H groups in total. The molecule has 108 valence electrons. The summed E-state index contributed by atoms with van der Waals surface area (Å²) in [6.45, 7) is 6.68. The molecule has 0 aliphatic carbocycles. The zero-order valence-electron chi connectivity index (χ0n) is 12.4. The van der Waals surface area contributed by atoms with Crippen LogP contribution < -0.4 is 10.6 Å². The summed E-state index contributed by atoms with van der Waals surface area (Å²) in [6.07, 6.45) is 3.63. The van der Waals surface area contributed by atoms with Gasteiger partial charge in [0.2, 0.25) is 0 Å². The van der Waals surface area contributed by atoms with Crippen LogP contribution >= 0.6 is 0 Å². The van der Waals surface area contributed by atoms with E-state index in [0.717, 1.165) is 31.0 Å². The molecule has 0 radical (unpaired) electrons. The molecule has 0 fully saturated rings. The maximum absolute atomic E-state index is 8.76. The zero-order valence-corrected chi connectivity index (χ0v) is 12.4. The molecule has 4 heteroatoms. The standard InChI is InChI=1S/C16H24N4/c1-3-5-6-11-19-16(18-4-2)20-13-15-9-7-14(12-17)8-10-15/h7-10H,3-6,11,13H2,1-2H3,(H2,18,19,20). The summed E-state index contributed by atoms with van der Waals surface area (Å²) >= 11 is 0. The number of guanidine groups is 1. The van der Waals surface area contributed by atoms with Crippen LogP contribution in [0.3, 0.4) is 0 Å². The molecule has 0 spiro atoms. The molecule has 0 heterocycles. The highest BCUT2D eigenvalue weighted by atomic mass is 15.2. The van der Waals surface area contributed by atoms with Gasteiger partial charge in [-0.05, 0) is 31.0 Å². The van der Waals surface area contributed by atoms with Crippen LogP contribution in [-0.2, 0) is 6.54 Å². The third-order valence-corrected chi connectivity index (χ3v) is 2.92. The number of aliphatic imine (C=N–C) groups is 1. The topological polar surface area (TPSA) is 60.2 Å². The van der Waals surface area contributed by atoms with Crippen LogP contribution in [0.4, 0.5) is 0 Å². The second-order valence-corrected chi connectivity index (χ2v) is 4.64. The average molecular weight is 272 g/mol. The van der Waals surface area contributed by atoms with Crippen molar-refractivity contribution in [1.29, 1.82) is 5.26 Å². The molecule has 0 aromatic heterocycles. The first-order valence-corrected chi connectivity index (χ1v) is 7.31. The average Bonchev–Trinajstić information content (AvgIpc) is 2.49. The van der Waals surface area contributed by atoms with Gasteiger partial charge < -0.3 is 10.6 Å². The van der Waals surface area contributed by atoms with E-state index in [1.54, 1.807) is 0 Å². The Morgan fingerprint density at radius 2 is 1.90 bits per heavy atom. The molecule has 1 rings (SSSR count). The molecular formula is C16H24N4. The quantitative estimate of drug-likeness (QED) is 0.456. The van der Waals surface area contributed by atoms with E-state index in [2.05, 4.69) is 35.5 Å². The SMILES string of the molecule is CCCCCNC(=NCc1ccc(C#N)cc1)NCC. The Bertz CT molecular complexity index is 443. The van der Waals surface area contributed by atoms with Crippen molar-refractivity contribution in [2.24, 2.45) is 4.99 Å². The Balaban J connectivity index is 2.50. The van der Waals surface area contributed by atoms with Crippen LogP contribution in [0, 0.1) is 11.3 Å². The number of rotatable bonds is 7. The highest BCUT2D eigenvalue weighted by molar-refractivity contribution is 5.79. The van der Waals surface area contributed by atoms with Crippen molar-refractivity contribution in [2.75, 3.05) is 13.1 Å². The summed E-state index contributed by atoms with van der Waals surface area (Å²) in [7, 11) is 0. The van der Waals surface area contributed by atoms with Crippen LogP contribution in [0.15, 0.2) is 29.3 Å². The number of benzene rings is 1. The van der Waals surface area contributed by atoms with Gasteiger partial charge in [0.25, 0.3) is 0 Å². The van der Waals surface area contributed by atoms with Gasteiger partial charge in [0.05, 0.1) is 18.2 Å². The molecule has 0 bridgehead atoms. The summed E-state index contributed by atoms with van der Waals surface area (Å²) in [5.41, 5.74) is 1.79. The first-order chi connectivity index (χ1) is 9.80. The minimum absolute atomic E-state index is 0.620. The Labute approximate surface area is 121 Å². The molecule has 0 aliphatic rings. The predicted molar refractivity (Wildman–Crippen MR) is 83.5 cm³/mol. The van der Waals surface area contributed by atoms with Crippen LogP contribution in [0.2, 0.25) is 0 Å². The third kappa shape index (κ3) is 6.24.